The van der Waals surface area contributed by atoms with Crippen molar-refractivity contribution in [2.24, 2.45) is 0 Å². The number of benzene rings is 1. The van der Waals surface area contributed by atoms with Crippen LogP contribution in [-0.2, 0) is 0 Å². The molecule has 0 spiro atoms. The van der Waals surface area contributed by atoms with Crippen molar-refractivity contribution in [3.63, 3.8) is 0 Å². The van der Waals surface area contributed by atoms with Crippen LogP contribution < -0.4 is 10.2 Å². The predicted octanol–water partition coefficient (Wildman–Crippen LogP) is 1.80. The Hall–Kier alpha value is -2.85. The van der Waals surface area contributed by atoms with Gasteiger partial charge in [-0.2, -0.15) is 4.98 Å². The average molecular weight is 352 g/mol. The number of nitrogens with zero attached hydrogens (tertiary/aromatic N) is 5. The van der Waals surface area contributed by atoms with Crippen molar-refractivity contribution in [2.75, 3.05) is 44.4 Å². The van der Waals surface area contributed by atoms with E-state index in [1.807, 2.05) is 19.0 Å². The molecular formula is C19H24N6O. The molecule has 0 saturated carbocycles. The molecule has 2 heterocycles. The van der Waals surface area contributed by atoms with Crippen molar-refractivity contribution in [3.8, 4) is 29.4 Å². The summed E-state index contributed by atoms with van der Waals surface area (Å²) in [4.78, 5) is 8.77. The minimum Gasteiger partial charge on any atom is -0.507 e. The van der Waals surface area contributed by atoms with E-state index >= 15 is 0 Å². The second-order valence-corrected chi connectivity index (χ2v) is 6.82. The number of nitrogens with one attached hydrogen (secondary N) is 1. The Morgan fingerprint density at radius 2 is 2.15 bits per heavy atom. The summed E-state index contributed by atoms with van der Waals surface area (Å²) in [6, 6.07) is 5.35. The fraction of sp³-hybridized carbons (Fsp3) is 0.421. The maximum Gasteiger partial charge on any atom is 0.245 e. The van der Waals surface area contributed by atoms with Crippen molar-refractivity contribution < 1.29 is 5.11 Å². The molecule has 1 fully saturated rings. The van der Waals surface area contributed by atoms with Crippen LogP contribution in [0.4, 0.5) is 11.8 Å². The maximum atomic E-state index is 10.3. The second-order valence-electron chi connectivity index (χ2n) is 6.82. The molecule has 0 unspecified atom stereocenters. The number of terminal acetylenes is 1. The zero-order valence-corrected chi connectivity index (χ0v) is 15.4. The number of hydrogen-bond acceptors (Lipinski definition) is 7. The Bertz CT molecular complexity index is 829. The summed E-state index contributed by atoms with van der Waals surface area (Å²) in [6.07, 6.45) is 7.62. The van der Waals surface area contributed by atoms with Crippen LogP contribution in [0.15, 0.2) is 18.2 Å². The lowest BCUT2D eigenvalue weighted by atomic mass is 10.1. The zero-order chi connectivity index (χ0) is 18.7. The molecule has 0 aliphatic carbocycles. The van der Waals surface area contributed by atoms with E-state index in [0.29, 0.717) is 34.6 Å². The van der Waals surface area contributed by atoms with E-state index in [9.17, 15) is 5.11 Å². The Morgan fingerprint density at radius 3 is 2.81 bits per heavy atom. The Balaban J connectivity index is 1.91. The summed E-state index contributed by atoms with van der Waals surface area (Å²) in [5, 5.41) is 22.2. The molecule has 7 heteroatoms. The number of piperidine rings is 1. The number of hydrogen-bond donors (Lipinski definition) is 2. The van der Waals surface area contributed by atoms with Gasteiger partial charge in [-0.15, -0.1) is 16.6 Å². The number of anilines is 2. The van der Waals surface area contributed by atoms with Crippen LogP contribution in [-0.4, -0.2) is 65.5 Å². The van der Waals surface area contributed by atoms with Crippen molar-refractivity contribution in [2.45, 2.75) is 18.9 Å². The highest BCUT2D eigenvalue weighted by Crippen LogP contribution is 2.33. The first kappa shape index (κ1) is 18.0. The Kier molecular flexibility index (Phi) is 5.24. The van der Waals surface area contributed by atoms with Crippen molar-refractivity contribution in [1.82, 2.24) is 20.1 Å². The largest absolute Gasteiger partial charge is 0.507 e. The number of aromatic hydroxyl groups is 1. The van der Waals surface area contributed by atoms with Gasteiger partial charge in [0.15, 0.2) is 5.82 Å². The summed E-state index contributed by atoms with van der Waals surface area (Å²) >= 11 is 0. The summed E-state index contributed by atoms with van der Waals surface area (Å²) in [5.74, 6) is 3.70. The van der Waals surface area contributed by atoms with E-state index < -0.39 is 0 Å². The van der Waals surface area contributed by atoms with Crippen LogP contribution in [0.25, 0.3) is 11.3 Å². The fourth-order valence-corrected chi connectivity index (χ4v) is 3.15. The molecule has 1 aromatic heterocycles. The quantitative estimate of drug-likeness (QED) is 0.813. The molecule has 0 amide bonds. The molecule has 1 aromatic carbocycles. The minimum absolute atomic E-state index is 0.0641. The average Bonchev–Trinajstić information content (AvgIpc) is 2.62. The highest BCUT2D eigenvalue weighted by atomic mass is 16.3. The molecule has 7 nitrogen and oxygen atoms in total. The summed E-state index contributed by atoms with van der Waals surface area (Å²) in [6.45, 7) is 2.07. The molecule has 2 N–H and O–H groups in total. The van der Waals surface area contributed by atoms with E-state index in [2.05, 4.69) is 38.4 Å². The first-order chi connectivity index (χ1) is 12.5. The van der Waals surface area contributed by atoms with Crippen LogP contribution in [0, 0.1) is 12.3 Å². The van der Waals surface area contributed by atoms with E-state index in [0.717, 1.165) is 25.9 Å². The van der Waals surface area contributed by atoms with Gasteiger partial charge in [-0.25, -0.2) is 0 Å². The van der Waals surface area contributed by atoms with Gasteiger partial charge >= 0.3 is 0 Å². The standard InChI is InChI=1S/C19H24N6O/c1-5-13-8-9-15(16(26)11-13)17-18(24(2)3)21-19(23-22-17)20-14-7-6-10-25(4)12-14/h1,8-9,11,14,26H,6-7,10,12H2,2-4H3,(H,20,21,23)/t14-/m1/s1. The first-order valence-corrected chi connectivity index (χ1v) is 8.65. The molecule has 2 aromatic rings. The van der Waals surface area contributed by atoms with Gasteiger partial charge in [-0.3, -0.25) is 0 Å². The molecule has 0 radical (unpaired) electrons. The topological polar surface area (TPSA) is 77.4 Å². The SMILES string of the molecule is C#Cc1ccc(-c2nnc(N[C@@H]3CCCN(C)C3)nc2N(C)C)c(O)c1. The molecule has 0 bridgehead atoms. The summed E-state index contributed by atoms with van der Waals surface area (Å²) in [7, 11) is 5.89. The monoisotopic (exact) mass is 352 g/mol. The van der Waals surface area contributed by atoms with Crippen LogP contribution in [0.5, 0.6) is 5.75 Å². The minimum atomic E-state index is 0.0641. The van der Waals surface area contributed by atoms with E-state index in [4.69, 9.17) is 6.42 Å². The van der Waals surface area contributed by atoms with E-state index in [1.165, 1.54) is 0 Å². The fourth-order valence-electron chi connectivity index (χ4n) is 3.15. The number of likely N-dealkylation sites (tertiary alicyclic amines) is 1. The number of phenolic OH excluding ortho intramolecular Hbond substituents is 1. The molecular weight excluding hydrogens is 328 g/mol. The second kappa shape index (κ2) is 7.58. The van der Waals surface area contributed by atoms with Gasteiger partial charge in [0, 0.05) is 37.8 Å². The van der Waals surface area contributed by atoms with E-state index in [1.54, 1.807) is 18.2 Å². The number of aromatic nitrogens is 3. The van der Waals surface area contributed by atoms with Gasteiger partial charge in [-0.05, 0) is 44.6 Å². The van der Waals surface area contributed by atoms with Crippen LogP contribution in [0.2, 0.25) is 0 Å². The summed E-state index contributed by atoms with van der Waals surface area (Å²) in [5.41, 5.74) is 1.68. The zero-order valence-electron chi connectivity index (χ0n) is 15.4. The van der Waals surface area contributed by atoms with Gasteiger partial charge < -0.3 is 20.2 Å². The van der Waals surface area contributed by atoms with Crippen molar-refractivity contribution >= 4 is 11.8 Å². The van der Waals surface area contributed by atoms with Gasteiger partial charge in [0.2, 0.25) is 5.95 Å². The Morgan fingerprint density at radius 1 is 1.35 bits per heavy atom. The van der Waals surface area contributed by atoms with Gasteiger partial charge in [0.25, 0.3) is 0 Å². The normalized spacial score (nSPS) is 17.5. The maximum absolute atomic E-state index is 10.3. The van der Waals surface area contributed by atoms with Gasteiger partial charge in [-0.1, -0.05) is 5.92 Å². The molecule has 136 valence electrons. The van der Waals surface area contributed by atoms with Crippen LogP contribution in [0.1, 0.15) is 18.4 Å². The molecule has 1 atom stereocenters. The number of phenols is 1. The molecule has 1 aliphatic heterocycles. The van der Waals surface area contributed by atoms with Gasteiger partial charge in [0.05, 0.1) is 0 Å². The lowest BCUT2D eigenvalue weighted by molar-refractivity contribution is 0.260. The first-order valence-electron chi connectivity index (χ1n) is 8.65. The van der Waals surface area contributed by atoms with Crippen LogP contribution >= 0.6 is 0 Å². The third kappa shape index (κ3) is 3.86. The van der Waals surface area contributed by atoms with E-state index in [-0.39, 0.29) is 5.75 Å². The molecule has 1 saturated heterocycles. The summed E-state index contributed by atoms with van der Waals surface area (Å²) < 4.78 is 0. The highest BCUT2D eigenvalue weighted by molar-refractivity contribution is 5.77. The smallest absolute Gasteiger partial charge is 0.245 e. The third-order valence-corrected chi connectivity index (χ3v) is 4.47. The lowest BCUT2D eigenvalue weighted by Crippen LogP contribution is -2.40. The highest BCUT2D eigenvalue weighted by Gasteiger charge is 2.20. The van der Waals surface area contributed by atoms with Crippen molar-refractivity contribution in [1.29, 1.82) is 0 Å². The Labute approximate surface area is 154 Å². The third-order valence-electron chi connectivity index (χ3n) is 4.47. The molecule has 3 rings (SSSR count). The molecule has 1 aliphatic rings. The van der Waals surface area contributed by atoms with Crippen molar-refractivity contribution in [3.05, 3.63) is 23.8 Å². The lowest BCUT2D eigenvalue weighted by Gasteiger charge is -2.30. The van der Waals surface area contributed by atoms with Crippen LogP contribution in [0.3, 0.4) is 0 Å². The molecule has 26 heavy (non-hydrogen) atoms. The predicted molar refractivity (Wildman–Crippen MR) is 103 cm³/mol. The number of rotatable bonds is 4. The van der Waals surface area contributed by atoms with Gasteiger partial charge in [0.1, 0.15) is 11.4 Å². The number of likely N-dealkylation sites (N-methyl/N-ethyl adjacent to an activating group) is 1.